The highest BCUT2D eigenvalue weighted by Gasteiger charge is 2.32. The SMILES string of the molecule is CC(C)(C)OC(=O)N1CCC[C@H](Nc2ncnc3c(C(N)=O)cc(-c4cc(F)c(OCC5(O)CCOCC5)c(F)c4)nc23)C1. The Balaban J connectivity index is 1.43. The number of rotatable bonds is 7. The number of halogens is 2. The van der Waals surface area contributed by atoms with Crippen molar-refractivity contribution in [1.29, 1.82) is 0 Å². The van der Waals surface area contributed by atoms with Crippen LogP contribution in [-0.4, -0.2) is 87.1 Å². The molecule has 1 aromatic carbocycles. The molecule has 12 nitrogen and oxygen atoms in total. The second-order valence-corrected chi connectivity index (χ2v) is 12.1. The third-order valence-corrected chi connectivity index (χ3v) is 7.47. The molecular weight excluding hydrogens is 578 g/mol. The fourth-order valence-electron chi connectivity index (χ4n) is 5.21. The Morgan fingerprint density at radius 2 is 1.86 bits per heavy atom. The molecule has 14 heteroatoms. The van der Waals surface area contributed by atoms with E-state index in [2.05, 4.69) is 20.3 Å². The van der Waals surface area contributed by atoms with Gasteiger partial charge in [0.2, 0.25) is 0 Å². The monoisotopic (exact) mass is 614 g/mol. The molecule has 2 aliphatic heterocycles. The smallest absolute Gasteiger partial charge is 0.410 e. The van der Waals surface area contributed by atoms with Crippen molar-refractivity contribution in [1.82, 2.24) is 19.9 Å². The molecule has 44 heavy (non-hydrogen) atoms. The zero-order valence-corrected chi connectivity index (χ0v) is 24.9. The summed E-state index contributed by atoms with van der Waals surface area (Å²) in [6.07, 6.45) is 2.82. The fourth-order valence-corrected chi connectivity index (χ4v) is 5.21. The Kier molecular flexibility index (Phi) is 8.84. The molecule has 0 radical (unpaired) electrons. The molecule has 2 saturated heterocycles. The lowest BCUT2D eigenvalue weighted by Gasteiger charge is -2.34. The van der Waals surface area contributed by atoms with Crippen molar-refractivity contribution in [2.24, 2.45) is 5.73 Å². The van der Waals surface area contributed by atoms with Crippen LogP contribution in [0, 0.1) is 11.6 Å². The number of aliphatic hydroxyl groups is 1. The molecule has 236 valence electrons. The summed E-state index contributed by atoms with van der Waals surface area (Å²) in [6, 6.07) is 3.14. The third-order valence-electron chi connectivity index (χ3n) is 7.47. The van der Waals surface area contributed by atoms with Crippen LogP contribution in [0.2, 0.25) is 0 Å². The van der Waals surface area contributed by atoms with Crippen LogP contribution in [0.4, 0.5) is 19.4 Å². The molecule has 0 bridgehead atoms. The molecule has 2 fully saturated rings. The lowest BCUT2D eigenvalue weighted by atomic mass is 9.96. The second kappa shape index (κ2) is 12.4. The van der Waals surface area contributed by atoms with Gasteiger partial charge in [-0.3, -0.25) is 4.79 Å². The minimum atomic E-state index is -1.25. The Labute approximate surface area is 252 Å². The first kappa shape index (κ1) is 31.3. The van der Waals surface area contributed by atoms with Gasteiger partial charge in [0.1, 0.15) is 35.2 Å². The van der Waals surface area contributed by atoms with Crippen LogP contribution in [0.5, 0.6) is 5.75 Å². The molecule has 0 aliphatic carbocycles. The van der Waals surface area contributed by atoms with Gasteiger partial charge in [0.05, 0.1) is 11.3 Å². The number of hydrogen-bond acceptors (Lipinski definition) is 10. The number of nitrogens with one attached hydrogen (secondary N) is 1. The summed E-state index contributed by atoms with van der Waals surface area (Å²) in [7, 11) is 0. The minimum Gasteiger partial charge on any atom is -0.485 e. The number of nitrogens with two attached hydrogens (primary N) is 1. The molecule has 3 aromatic rings. The Morgan fingerprint density at radius 3 is 2.52 bits per heavy atom. The topological polar surface area (TPSA) is 162 Å². The van der Waals surface area contributed by atoms with Crippen molar-refractivity contribution in [3.63, 3.8) is 0 Å². The number of pyridine rings is 1. The predicted molar refractivity (Wildman–Crippen MR) is 156 cm³/mol. The molecule has 0 saturated carbocycles. The first-order valence-corrected chi connectivity index (χ1v) is 14.4. The number of hydrogen-bond donors (Lipinski definition) is 3. The van der Waals surface area contributed by atoms with Gasteiger partial charge in [-0.05, 0) is 51.8 Å². The number of benzene rings is 1. The average molecular weight is 615 g/mol. The number of ether oxygens (including phenoxy) is 3. The summed E-state index contributed by atoms with van der Waals surface area (Å²) >= 11 is 0. The molecule has 2 amide bonds. The summed E-state index contributed by atoms with van der Waals surface area (Å²) in [4.78, 5) is 39.8. The quantitative estimate of drug-likeness (QED) is 0.357. The fraction of sp³-hybridized carbons (Fsp3) is 0.500. The maximum atomic E-state index is 15.2. The van der Waals surface area contributed by atoms with E-state index in [1.165, 1.54) is 12.4 Å². The number of carbonyl (C=O) groups is 2. The van der Waals surface area contributed by atoms with Gasteiger partial charge >= 0.3 is 6.09 Å². The summed E-state index contributed by atoms with van der Waals surface area (Å²) in [5.41, 5.74) is 4.15. The number of anilines is 1. The lowest BCUT2D eigenvalue weighted by molar-refractivity contribution is -0.0864. The van der Waals surface area contributed by atoms with Crippen LogP contribution in [-0.2, 0) is 9.47 Å². The highest BCUT2D eigenvalue weighted by molar-refractivity contribution is 6.06. The second-order valence-electron chi connectivity index (χ2n) is 12.1. The molecular formula is C30H36F2N6O6. The van der Waals surface area contributed by atoms with Crippen molar-refractivity contribution in [2.75, 3.05) is 38.2 Å². The molecule has 5 rings (SSSR count). The van der Waals surface area contributed by atoms with Crippen molar-refractivity contribution in [2.45, 2.75) is 63.7 Å². The van der Waals surface area contributed by atoms with Gasteiger partial charge in [-0.2, -0.15) is 0 Å². The number of amides is 2. The van der Waals surface area contributed by atoms with E-state index in [4.69, 9.17) is 19.9 Å². The Hall–Kier alpha value is -4.17. The first-order valence-electron chi connectivity index (χ1n) is 14.4. The van der Waals surface area contributed by atoms with Gasteiger partial charge in [0.15, 0.2) is 23.2 Å². The van der Waals surface area contributed by atoms with Crippen LogP contribution >= 0.6 is 0 Å². The van der Waals surface area contributed by atoms with Crippen molar-refractivity contribution < 1.29 is 37.7 Å². The zero-order valence-electron chi connectivity index (χ0n) is 24.9. The van der Waals surface area contributed by atoms with Crippen LogP contribution in [0.1, 0.15) is 56.8 Å². The van der Waals surface area contributed by atoms with E-state index in [0.29, 0.717) is 39.1 Å². The lowest BCUT2D eigenvalue weighted by Crippen LogP contribution is -2.47. The van der Waals surface area contributed by atoms with Gasteiger partial charge < -0.3 is 35.3 Å². The summed E-state index contributed by atoms with van der Waals surface area (Å²) < 4.78 is 46.5. The van der Waals surface area contributed by atoms with E-state index in [1.807, 2.05) is 0 Å². The molecule has 0 unspecified atom stereocenters. The van der Waals surface area contributed by atoms with Gasteiger partial charge in [0, 0.05) is 50.8 Å². The highest BCUT2D eigenvalue weighted by Crippen LogP contribution is 2.33. The molecule has 2 aliphatic rings. The van der Waals surface area contributed by atoms with E-state index in [0.717, 1.165) is 12.1 Å². The van der Waals surface area contributed by atoms with E-state index in [1.54, 1.807) is 25.7 Å². The number of carbonyl (C=O) groups excluding carboxylic acids is 2. The van der Waals surface area contributed by atoms with E-state index < -0.39 is 40.6 Å². The number of primary amides is 1. The highest BCUT2D eigenvalue weighted by atomic mass is 19.1. The number of piperidine rings is 1. The third kappa shape index (κ3) is 7.13. The van der Waals surface area contributed by atoms with Crippen LogP contribution < -0.4 is 15.8 Å². The molecule has 4 heterocycles. The van der Waals surface area contributed by atoms with Gasteiger partial charge in [0.25, 0.3) is 5.91 Å². The van der Waals surface area contributed by atoms with E-state index in [9.17, 15) is 14.7 Å². The molecule has 4 N–H and O–H groups in total. The van der Waals surface area contributed by atoms with Gasteiger partial charge in [-0.25, -0.2) is 28.5 Å². The number of fused-ring (bicyclic) bond motifs is 1. The molecule has 2 aromatic heterocycles. The summed E-state index contributed by atoms with van der Waals surface area (Å²) in [6.45, 7) is 6.61. The van der Waals surface area contributed by atoms with E-state index >= 15 is 8.78 Å². The number of nitrogens with zero attached hydrogens (tertiary/aromatic N) is 4. The summed E-state index contributed by atoms with van der Waals surface area (Å²) in [5.74, 6) is -3.21. The van der Waals surface area contributed by atoms with Gasteiger partial charge in [-0.15, -0.1) is 0 Å². The number of likely N-dealkylation sites (tertiary alicyclic amines) is 1. The van der Waals surface area contributed by atoms with Crippen molar-refractivity contribution in [3.05, 3.63) is 41.7 Å². The molecule has 0 spiro atoms. The normalized spacial score (nSPS) is 18.6. The van der Waals surface area contributed by atoms with Crippen LogP contribution in [0.25, 0.3) is 22.3 Å². The standard InChI is InChI=1S/C30H36F2N6O6/c1-29(2,3)44-28(40)38-8-4-5-18(14-38)36-27-24-23(34-16-35-27)19(26(33)39)13-22(37-24)17-11-20(31)25(21(32)12-17)43-15-30(41)6-9-42-10-7-30/h11-13,16,18,41H,4-10,14-15H2,1-3H3,(H2,33,39)(H,34,35,36)/t18-/m0/s1. The largest absolute Gasteiger partial charge is 0.485 e. The van der Waals surface area contributed by atoms with Crippen LogP contribution in [0.15, 0.2) is 24.5 Å². The predicted octanol–water partition coefficient (Wildman–Crippen LogP) is 3.80. The average Bonchev–Trinajstić information content (AvgIpc) is 2.96. The Bertz CT molecular complexity index is 1540. The van der Waals surface area contributed by atoms with Crippen molar-refractivity contribution >= 4 is 28.9 Å². The molecule has 1 atom stereocenters. The van der Waals surface area contributed by atoms with Crippen molar-refractivity contribution in [3.8, 4) is 17.0 Å². The van der Waals surface area contributed by atoms with Crippen LogP contribution in [0.3, 0.4) is 0 Å². The zero-order chi connectivity index (χ0) is 31.6. The Morgan fingerprint density at radius 1 is 1.16 bits per heavy atom. The minimum absolute atomic E-state index is 0.0163. The summed E-state index contributed by atoms with van der Waals surface area (Å²) in [5, 5.41) is 13.9. The maximum Gasteiger partial charge on any atom is 0.410 e. The maximum absolute atomic E-state index is 15.2. The van der Waals surface area contributed by atoms with Gasteiger partial charge in [-0.1, -0.05) is 0 Å². The number of aromatic nitrogens is 3. The van der Waals surface area contributed by atoms with E-state index in [-0.39, 0.29) is 59.2 Å². The first-order chi connectivity index (χ1) is 20.8.